The van der Waals surface area contributed by atoms with Gasteiger partial charge in [-0.1, -0.05) is 35.6 Å². The molecule has 4 heterocycles. The van der Waals surface area contributed by atoms with E-state index in [0.29, 0.717) is 20.6 Å². The molecule has 0 spiro atoms. The number of rotatable bonds is 4. The largest absolute Gasteiger partial charge is 0.463 e. The number of allylic oxidation sites excluding steroid dienone is 1. The Morgan fingerprint density at radius 3 is 2.81 bits per heavy atom. The molecule has 1 aliphatic rings. The topological polar surface area (TPSA) is 76.4 Å². The highest BCUT2D eigenvalue weighted by molar-refractivity contribution is 7.10. The van der Waals surface area contributed by atoms with Gasteiger partial charge in [0, 0.05) is 27.0 Å². The first-order valence-electron chi connectivity index (χ1n) is 10.3. The van der Waals surface area contributed by atoms with Crippen molar-refractivity contribution in [1.29, 1.82) is 0 Å². The SMILES string of the molecule is CCOC(=O)C1=C(C)N=c2s/c(=C/c3c(C)[nH]c4ccccc34)c(=O)n2[C@H]1c1cccs1. The fraction of sp³-hybridized carbons (Fsp3) is 0.208. The number of thiazole rings is 1. The first kappa shape index (κ1) is 20.7. The van der Waals surface area contributed by atoms with Gasteiger partial charge in [-0.2, -0.15) is 0 Å². The number of nitrogens with zero attached hydrogens (tertiary/aromatic N) is 2. The highest BCUT2D eigenvalue weighted by atomic mass is 32.1. The third-order valence-corrected chi connectivity index (χ3v) is 7.46. The number of carbonyl (C=O) groups excluding carboxylic acids is 1. The maximum Gasteiger partial charge on any atom is 0.338 e. The van der Waals surface area contributed by atoms with E-state index in [1.165, 1.54) is 22.7 Å². The van der Waals surface area contributed by atoms with Crippen LogP contribution in [-0.2, 0) is 9.53 Å². The zero-order valence-electron chi connectivity index (χ0n) is 17.8. The molecule has 162 valence electrons. The second kappa shape index (κ2) is 8.03. The number of benzene rings is 1. The number of esters is 1. The number of para-hydroxylation sites is 1. The Morgan fingerprint density at radius 2 is 2.06 bits per heavy atom. The first-order chi connectivity index (χ1) is 15.5. The van der Waals surface area contributed by atoms with E-state index in [2.05, 4.69) is 9.98 Å². The predicted molar refractivity (Wildman–Crippen MR) is 128 cm³/mol. The molecule has 1 atom stereocenters. The molecule has 0 bridgehead atoms. The van der Waals surface area contributed by atoms with Gasteiger partial charge in [-0.3, -0.25) is 9.36 Å². The molecular weight excluding hydrogens is 442 g/mol. The van der Waals surface area contributed by atoms with Gasteiger partial charge in [0.25, 0.3) is 5.56 Å². The molecule has 0 aliphatic carbocycles. The van der Waals surface area contributed by atoms with Gasteiger partial charge in [-0.15, -0.1) is 11.3 Å². The summed E-state index contributed by atoms with van der Waals surface area (Å²) in [6.07, 6.45) is 1.92. The molecule has 1 aliphatic heterocycles. The van der Waals surface area contributed by atoms with Gasteiger partial charge in [0.15, 0.2) is 4.80 Å². The van der Waals surface area contributed by atoms with E-state index in [1.807, 2.05) is 54.8 Å². The Labute approximate surface area is 191 Å². The number of hydrogen-bond donors (Lipinski definition) is 1. The Morgan fingerprint density at radius 1 is 1.25 bits per heavy atom. The van der Waals surface area contributed by atoms with Crippen molar-refractivity contribution >= 4 is 45.6 Å². The van der Waals surface area contributed by atoms with Crippen LogP contribution in [0.15, 0.2) is 62.8 Å². The summed E-state index contributed by atoms with van der Waals surface area (Å²) >= 11 is 2.85. The molecule has 5 rings (SSSR count). The Kier molecular flexibility index (Phi) is 5.19. The number of ether oxygens (including phenoxy) is 1. The summed E-state index contributed by atoms with van der Waals surface area (Å²) in [5, 5.41) is 3.01. The lowest BCUT2D eigenvalue weighted by atomic mass is 10.0. The number of H-pyrrole nitrogens is 1. The van der Waals surface area contributed by atoms with Crippen LogP contribution in [0.5, 0.6) is 0 Å². The molecule has 3 aromatic heterocycles. The molecule has 0 fully saturated rings. The van der Waals surface area contributed by atoms with Crippen LogP contribution in [0, 0.1) is 6.92 Å². The summed E-state index contributed by atoms with van der Waals surface area (Å²) in [6.45, 7) is 5.83. The molecule has 1 aromatic carbocycles. The predicted octanol–water partition coefficient (Wildman–Crippen LogP) is 3.65. The fourth-order valence-corrected chi connectivity index (χ4v) is 5.97. The molecule has 8 heteroatoms. The smallest absolute Gasteiger partial charge is 0.338 e. The zero-order valence-corrected chi connectivity index (χ0v) is 19.5. The van der Waals surface area contributed by atoms with Crippen LogP contribution in [0.2, 0.25) is 0 Å². The molecule has 0 amide bonds. The van der Waals surface area contributed by atoms with E-state index in [4.69, 9.17) is 4.74 Å². The molecule has 4 aromatic rings. The number of fused-ring (bicyclic) bond motifs is 2. The molecule has 0 saturated carbocycles. The number of aromatic nitrogens is 2. The van der Waals surface area contributed by atoms with Crippen molar-refractivity contribution in [3.8, 4) is 0 Å². The lowest BCUT2D eigenvalue weighted by Crippen LogP contribution is -2.39. The van der Waals surface area contributed by atoms with Crippen molar-refractivity contribution in [3.05, 3.63) is 88.9 Å². The molecule has 0 radical (unpaired) electrons. The van der Waals surface area contributed by atoms with Crippen LogP contribution in [0.4, 0.5) is 0 Å². The maximum absolute atomic E-state index is 13.6. The second-order valence-electron chi connectivity index (χ2n) is 7.53. The minimum Gasteiger partial charge on any atom is -0.463 e. The maximum atomic E-state index is 13.6. The van der Waals surface area contributed by atoms with Crippen molar-refractivity contribution in [3.63, 3.8) is 0 Å². The fourth-order valence-electron chi connectivity index (χ4n) is 4.12. The van der Waals surface area contributed by atoms with Crippen molar-refractivity contribution in [2.45, 2.75) is 26.8 Å². The first-order valence-corrected chi connectivity index (χ1v) is 12.0. The molecule has 1 N–H and O–H groups in total. The second-order valence-corrected chi connectivity index (χ2v) is 9.52. The highest BCUT2D eigenvalue weighted by Gasteiger charge is 2.33. The van der Waals surface area contributed by atoms with Crippen molar-refractivity contribution in [2.75, 3.05) is 6.61 Å². The van der Waals surface area contributed by atoms with E-state index in [-0.39, 0.29) is 12.2 Å². The quantitative estimate of drug-likeness (QED) is 0.470. The number of thiophene rings is 1. The van der Waals surface area contributed by atoms with Gasteiger partial charge in [-0.25, -0.2) is 9.79 Å². The summed E-state index contributed by atoms with van der Waals surface area (Å²) < 4.78 is 7.53. The van der Waals surface area contributed by atoms with Gasteiger partial charge in [-0.05, 0) is 44.4 Å². The van der Waals surface area contributed by atoms with E-state index in [1.54, 1.807) is 18.4 Å². The number of aryl methyl sites for hydroxylation is 1. The van der Waals surface area contributed by atoms with E-state index in [9.17, 15) is 9.59 Å². The van der Waals surface area contributed by atoms with Crippen LogP contribution in [-0.4, -0.2) is 22.1 Å². The van der Waals surface area contributed by atoms with Gasteiger partial charge < -0.3 is 9.72 Å². The van der Waals surface area contributed by atoms with Crippen LogP contribution in [0.3, 0.4) is 0 Å². The van der Waals surface area contributed by atoms with Crippen molar-refractivity contribution in [2.24, 2.45) is 4.99 Å². The van der Waals surface area contributed by atoms with E-state index < -0.39 is 12.0 Å². The number of aromatic amines is 1. The zero-order chi connectivity index (χ0) is 22.4. The van der Waals surface area contributed by atoms with Crippen LogP contribution >= 0.6 is 22.7 Å². The lowest BCUT2D eigenvalue weighted by Gasteiger charge is -2.23. The third-order valence-electron chi connectivity index (χ3n) is 5.55. The van der Waals surface area contributed by atoms with Crippen molar-refractivity contribution < 1.29 is 9.53 Å². The Bertz CT molecular complexity index is 1550. The highest BCUT2D eigenvalue weighted by Crippen LogP contribution is 2.33. The van der Waals surface area contributed by atoms with Crippen LogP contribution in [0.1, 0.15) is 36.0 Å². The van der Waals surface area contributed by atoms with Gasteiger partial charge >= 0.3 is 5.97 Å². The van der Waals surface area contributed by atoms with E-state index >= 15 is 0 Å². The molecule has 32 heavy (non-hydrogen) atoms. The number of carbonyl (C=O) groups is 1. The lowest BCUT2D eigenvalue weighted by molar-refractivity contribution is -0.139. The van der Waals surface area contributed by atoms with Crippen molar-refractivity contribution in [1.82, 2.24) is 9.55 Å². The number of nitrogens with one attached hydrogen (secondary N) is 1. The third kappa shape index (κ3) is 3.27. The molecule has 6 nitrogen and oxygen atoms in total. The van der Waals surface area contributed by atoms with Crippen LogP contribution in [0.25, 0.3) is 17.0 Å². The normalized spacial score (nSPS) is 16.3. The summed E-state index contributed by atoms with van der Waals surface area (Å²) in [7, 11) is 0. The summed E-state index contributed by atoms with van der Waals surface area (Å²) in [4.78, 5) is 35.9. The molecule has 0 unspecified atom stereocenters. The summed E-state index contributed by atoms with van der Waals surface area (Å²) in [5.74, 6) is -0.436. The average molecular weight is 464 g/mol. The van der Waals surface area contributed by atoms with Gasteiger partial charge in [0.2, 0.25) is 0 Å². The summed E-state index contributed by atoms with van der Waals surface area (Å²) in [6, 6.07) is 11.3. The standard InChI is InChI=1S/C24H21N3O3S2/c1-4-30-23(29)20-14(3)26-24-27(21(20)18-10-7-11-31-18)22(28)19(32-24)12-16-13(2)25-17-9-6-5-8-15(16)17/h5-12,21,25H,4H2,1-3H3/b19-12+/t21-/m0/s1. The van der Waals surface area contributed by atoms with Gasteiger partial charge in [0.05, 0.1) is 22.4 Å². The van der Waals surface area contributed by atoms with E-state index in [0.717, 1.165) is 27.0 Å². The Hall–Kier alpha value is -3.23. The average Bonchev–Trinajstić information content (AvgIpc) is 3.47. The molecular formula is C24H21N3O3S2. The summed E-state index contributed by atoms with van der Waals surface area (Å²) in [5.41, 5.74) is 3.84. The molecule has 0 saturated heterocycles. The monoisotopic (exact) mass is 463 g/mol. The Balaban J connectivity index is 1.75. The minimum absolute atomic E-state index is 0.161. The van der Waals surface area contributed by atoms with Gasteiger partial charge in [0.1, 0.15) is 6.04 Å². The minimum atomic E-state index is -0.545. The number of hydrogen-bond acceptors (Lipinski definition) is 6. The van der Waals surface area contributed by atoms with Crippen LogP contribution < -0.4 is 14.9 Å².